The summed E-state index contributed by atoms with van der Waals surface area (Å²) in [6.07, 6.45) is 1.59. The van der Waals surface area contributed by atoms with E-state index < -0.39 is 5.54 Å². The first-order chi connectivity index (χ1) is 10.3. The number of nitrogens with one attached hydrogen (secondary N) is 1. The van der Waals surface area contributed by atoms with Crippen molar-refractivity contribution in [2.75, 3.05) is 7.05 Å². The van der Waals surface area contributed by atoms with Crippen LogP contribution in [0.5, 0.6) is 0 Å². The molecule has 0 aliphatic heterocycles. The zero-order valence-corrected chi connectivity index (χ0v) is 17.1. The average molecular weight is 378 g/mol. The molecule has 24 heavy (non-hydrogen) atoms. The third kappa shape index (κ3) is 8.34. The van der Waals surface area contributed by atoms with Crippen molar-refractivity contribution in [1.29, 1.82) is 0 Å². The van der Waals surface area contributed by atoms with Crippen LogP contribution in [0.15, 0.2) is 24.3 Å². The lowest BCUT2D eigenvalue weighted by molar-refractivity contribution is -0.126. The first-order valence-electron chi connectivity index (χ1n) is 8.11. The highest BCUT2D eigenvalue weighted by Gasteiger charge is 2.26. The van der Waals surface area contributed by atoms with Gasteiger partial charge in [0.1, 0.15) is 0 Å². The zero-order chi connectivity index (χ0) is 16.8. The molecule has 0 aliphatic rings. The predicted octanol–water partition coefficient (Wildman–Crippen LogP) is 3.50. The van der Waals surface area contributed by atoms with Gasteiger partial charge in [-0.1, -0.05) is 37.6 Å². The Morgan fingerprint density at radius 3 is 2.42 bits per heavy atom. The molecule has 0 aromatic heterocycles. The molecule has 0 saturated carbocycles. The Bertz CT molecular complexity index is 493. The Hall–Kier alpha value is -0.810. The molecule has 0 spiro atoms. The summed E-state index contributed by atoms with van der Waals surface area (Å²) in [5.41, 5.74) is 7.62. The Kier molecular flexibility index (Phi) is 12.4. The van der Waals surface area contributed by atoms with Crippen molar-refractivity contribution in [2.45, 2.75) is 65.2 Å². The van der Waals surface area contributed by atoms with Crippen molar-refractivity contribution in [1.82, 2.24) is 10.2 Å². The molecule has 0 aliphatic carbocycles. The molecule has 4 nitrogen and oxygen atoms in total. The van der Waals surface area contributed by atoms with E-state index in [0.717, 1.165) is 18.5 Å². The van der Waals surface area contributed by atoms with Gasteiger partial charge in [-0.25, -0.2) is 0 Å². The Balaban J connectivity index is 0. The fourth-order valence-electron chi connectivity index (χ4n) is 2.33. The molecule has 0 heterocycles. The molecule has 1 atom stereocenters. The van der Waals surface area contributed by atoms with E-state index in [0.29, 0.717) is 19.0 Å². The molecule has 0 saturated heterocycles. The van der Waals surface area contributed by atoms with Crippen molar-refractivity contribution in [2.24, 2.45) is 5.73 Å². The molecule has 1 rings (SSSR count). The molecule has 140 valence electrons. The number of benzene rings is 1. The molecule has 1 aromatic carbocycles. The van der Waals surface area contributed by atoms with Crippen molar-refractivity contribution < 1.29 is 4.79 Å². The zero-order valence-electron chi connectivity index (χ0n) is 15.5. The molecule has 1 amide bonds. The van der Waals surface area contributed by atoms with E-state index in [1.807, 2.05) is 19.1 Å². The highest BCUT2D eigenvalue weighted by molar-refractivity contribution is 5.86. The third-order valence-electron chi connectivity index (χ3n) is 4.05. The van der Waals surface area contributed by atoms with Gasteiger partial charge in [-0.3, -0.25) is 9.69 Å². The van der Waals surface area contributed by atoms with Gasteiger partial charge in [0.25, 0.3) is 0 Å². The lowest BCUT2D eigenvalue weighted by Gasteiger charge is -2.23. The van der Waals surface area contributed by atoms with E-state index >= 15 is 0 Å². The van der Waals surface area contributed by atoms with Crippen LogP contribution in [0.25, 0.3) is 0 Å². The number of carbonyl (C=O) groups excluding carboxylic acids is 1. The van der Waals surface area contributed by atoms with E-state index in [4.69, 9.17) is 5.73 Å². The summed E-state index contributed by atoms with van der Waals surface area (Å²) in [6.45, 7) is 9.62. The highest BCUT2D eigenvalue weighted by Crippen LogP contribution is 2.11. The van der Waals surface area contributed by atoms with Crippen molar-refractivity contribution >= 4 is 30.7 Å². The SMILES string of the molecule is CCCC(C)(N)C(=O)NCc1cccc(CN(C)C(C)C)c1.Cl.Cl. The van der Waals surface area contributed by atoms with Crippen LogP contribution >= 0.6 is 24.8 Å². The Morgan fingerprint density at radius 1 is 1.29 bits per heavy atom. The summed E-state index contributed by atoms with van der Waals surface area (Å²) in [7, 11) is 2.11. The van der Waals surface area contributed by atoms with Gasteiger partial charge in [-0.15, -0.1) is 24.8 Å². The van der Waals surface area contributed by atoms with E-state index in [1.165, 1.54) is 5.56 Å². The quantitative estimate of drug-likeness (QED) is 0.728. The lowest BCUT2D eigenvalue weighted by atomic mass is 9.96. The minimum Gasteiger partial charge on any atom is -0.350 e. The monoisotopic (exact) mass is 377 g/mol. The lowest BCUT2D eigenvalue weighted by Crippen LogP contribution is -2.51. The summed E-state index contributed by atoms with van der Waals surface area (Å²) >= 11 is 0. The minimum absolute atomic E-state index is 0. The Labute approximate surface area is 159 Å². The summed E-state index contributed by atoms with van der Waals surface area (Å²) < 4.78 is 0. The molecule has 0 radical (unpaired) electrons. The van der Waals surface area contributed by atoms with Gasteiger partial charge in [0, 0.05) is 19.1 Å². The second-order valence-corrected chi connectivity index (χ2v) is 6.68. The van der Waals surface area contributed by atoms with Crippen molar-refractivity contribution in [3.05, 3.63) is 35.4 Å². The van der Waals surface area contributed by atoms with Crippen LogP contribution in [0.3, 0.4) is 0 Å². The fourth-order valence-corrected chi connectivity index (χ4v) is 2.33. The average Bonchev–Trinajstić information content (AvgIpc) is 2.44. The Morgan fingerprint density at radius 2 is 1.88 bits per heavy atom. The molecule has 0 fully saturated rings. The summed E-state index contributed by atoms with van der Waals surface area (Å²) in [5.74, 6) is -0.0842. The number of nitrogens with zero attached hydrogens (tertiary/aromatic N) is 1. The largest absolute Gasteiger partial charge is 0.350 e. The maximum Gasteiger partial charge on any atom is 0.240 e. The molecule has 3 N–H and O–H groups in total. The third-order valence-corrected chi connectivity index (χ3v) is 4.05. The summed E-state index contributed by atoms with van der Waals surface area (Å²) in [4.78, 5) is 14.4. The van der Waals surface area contributed by atoms with Gasteiger partial charge < -0.3 is 11.1 Å². The van der Waals surface area contributed by atoms with Crippen LogP contribution in [-0.4, -0.2) is 29.4 Å². The number of halogens is 2. The predicted molar refractivity (Wildman–Crippen MR) is 107 cm³/mol. The first-order valence-corrected chi connectivity index (χ1v) is 8.11. The van der Waals surface area contributed by atoms with Crippen LogP contribution in [0.4, 0.5) is 0 Å². The number of hydrogen-bond acceptors (Lipinski definition) is 3. The molecule has 0 bridgehead atoms. The molecular formula is C18H33Cl2N3O. The number of nitrogens with two attached hydrogens (primary N) is 1. The number of carbonyl (C=O) groups is 1. The second kappa shape index (κ2) is 11.7. The molecule has 6 heteroatoms. The molecule has 1 aromatic rings. The van der Waals surface area contributed by atoms with Gasteiger partial charge >= 0.3 is 0 Å². The van der Waals surface area contributed by atoms with Crippen LogP contribution in [0.1, 0.15) is 51.7 Å². The smallest absolute Gasteiger partial charge is 0.240 e. The second-order valence-electron chi connectivity index (χ2n) is 6.68. The van der Waals surface area contributed by atoms with Crippen molar-refractivity contribution in [3.63, 3.8) is 0 Å². The fraction of sp³-hybridized carbons (Fsp3) is 0.611. The van der Waals surface area contributed by atoms with Crippen LogP contribution in [-0.2, 0) is 17.9 Å². The van der Waals surface area contributed by atoms with Gasteiger partial charge in [0.05, 0.1) is 5.54 Å². The van der Waals surface area contributed by atoms with Crippen LogP contribution < -0.4 is 11.1 Å². The van der Waals surface area contributed by atoms with E-state index in [9.17, 15) is 4.79 Å². The molecule has 1 unspecified atom stereocenters. The number of amides is 1. The topological polar surface area (TPSA) is 58.4 Å². The van der Waals surface area contributed by atoms with E-state index in [1.54, 1.807) is 6.92 Å². The first kappa shape index (κ1) is 25.4. The maximum atomic E-state index is 12.1. The highest BCUT2D eigenvalue weighted by atomic mass is 35.5. The van der Waals surface area contributed by atoms with Gasteiger partial charge in [0.15, 0.2) is 0 Å². The van der Waals surface area contributed by atoms with Crippen molar-refractivity contribution in [3.8, 4) is 0 Å². The summed E-state index contributed by atoms with van der Waals surface area (Å²) in [6, 6.07) is 8.85. The van der Waals surface area contributed by atoms with Gasteiger partial charge in [0.2, 0.25) is 5.91 Å². The standard InChI is InChI=1S/C18H31N3O.2ClH/c1-6-10-18(4,19)17(22)20-12-15-8-7-9-16(11-15)13-21(5)14(2)3;;/h7-9,11,14H,6,10,12-13,19H2,1-5H3,(H,20,22);2*1H. The van der Waals surface area contributed by atoms with Gasteiger partial charge in [-0.2, -0.15) is 0 Å². The molecular weight excluding hydrogens is 345 g/mol. The number of hydrogen-bond donors (Lipinski definition) is 2. The normalized spacial score (nSPS) is 13.0. The van der Waals surface area contributed by atoms with Crippen LogP contribution in [0, 0.1) is 0 Å². The minimum atomic E-state index is -0.787. The van der Waals surface area contributed by atoms with Crippen LogP contribution in [0.2, 0.25) is 0 Å². The van der Waals surface area contributed by atoms with E-state index in [2.05, 4.69) is 43.2 Å². The maximum absolute atomic E-state index is 12.1. The summed E-state index contributed by atoms with van der Waals surface area (Å²) in [5, 5.41) is 2.95. The number of rotatable bonds is 8. The van der Waals surface area contributed by atoms with Gasteiger partial charge in [-0.05, 0) is 45.4 Å². The van der Waals surface area contributed by atoms with E-state index in [-0.39, 0.29) is 30.7 Å².